The second kappa shape index (κ2) is 9.59. The molecular formula is C25H32N2O3. The third kappa shape index (κ3) is 4.82. The van der Waals surface area contributed by atoms with Crippen LogP contribution in [-0.4, -0.2) is 34.2 Å². The van der Waals surface area contributed by atoms with Crippen molar-refractivity contribution in [3.05, 3.63) is 41.9 Å². The van der Waals surface area contributed by atoms with Crippen LogP contribution in [0.25, 0.3) is 11.3 Å². The number of aromatic nitrogens is 1. The zero-order valence-corrected chi connectivity index (χ0v) is 17.9. The van der Waals surface area contributed by atoms with E-state index in [4.69, 9.17) is 4.42 Å². The van der Waals surface area contributed by atoms with E-state index >= 15 is 0 Å². The van der Waals surface area contributed by atoms with Gasteiger partial charge in [-0.15, -0.1) is 0 Å². The molecule has 2 aromatic rings. The number of benzene rings is 1. The number of amides is 1. The van der Waals surface area contributed by atoms with Crippen LogP contribution in [-0.2, 0) is 16.0 Å². The van der Waals surface area contributed by atoms with Crippen molar-refractivity contribution in [3.63, 3.8) is 0 Å². The Hall–Kier alpha value is -2.43. The highest BCUT2D eigenvalue weighted by molar-refractivity contribution is 5.84. The Bertz CT molecular complexity index is 871. The van der Waals surface area contributed by atoms with Gasteiger partial charge in [0, 0.05) is 43.3 Å². The van der Waals surface area contributed by atoms with E-state index < -0.39 is 0 Å². The number of rotatable bonds is 5. The molecule has 0 bridgehead atoms. The van der Waals surface area contributed by atoms with Crippen LogP contribution in [0, 0.1) is 12.8 Å². The topological polar surface area (TPSA) is 63.4 Å². The van der Waals surface area contributed by atoms with Crippen LogP contribution in [0.1, 0.15) is 69.2 Å². The lowest BCUT2D eigenvalue weighted by molar-refractivity contribution is -0.137. The number of ketones is 1. The fraction of sp³-hybridized carbons (Fsp3) is 0.560. The molecule has 0 unspecified atom stereocenters. The lowest BCUT2D eigenvalue weighted by Crippen LogP contribution is -2.47. The molecule has 4 rings (SSSR count). The van der Waals surface area contributed by atoms with Gasteiger partial charge in [-0.3, -0.25) is 9.59 Å². The van der Waals surface area contributed by atoms with Gasteiger partial charge in [0.2, 0.25) is 5.91 Å². The molecule has 2 aliphatic rings. The predicted molar refractivity (Wildman–Crippen MR) is 116 cm³/mol. The quantitative estimate of drug-likeness (QED) is 0.689. The predicted octanol–water partition coefficient (Wildman–Crippen LogP) is 5.11. The molecule has 30 heavy (non-hydrogen) atoms. The van der Waals surface area contributed by atoms with Crippen molar-refractivity contribution in [2.75, 3.05) is 6.54 Å². The molecule has 0 N–H and O–H groups in total. The van der Waals surface area contributed by atoms with Crippen LogP contribution in [0.15, 0.2) is 34.9 Å². The molecule has 0 radical (unpaired) electrons. The first-order valence-corrected chi connectivity index (χ1v) is 11.5. The number of oxazole rings is 1. The van der Waals surface area contributed by atoms with Crippen molar-refractivity contribution in [2.24, 2.45) is 5.92 Å². The van der Waals surface area contributed by atoms with Crippen LogP contribution in [0.4, 0.5) is 0 Å². The Kier molecular flexibility index (Phi) is 6.66. The van der Waals surface area contributed by atoms with Crippen LogP contribution in [0.2, 0.25) is 0 Å². The molecule has 0 spiro atoms. The molecular weight excluding hydrogens is 376 g/mol. The zero-order valence-electron chi connectivity index (χ0n) is 17.9. The molecule has 1 aliphatic carbocycles. The molecule has 1 saturated heterocycles. The molecule has 5 heteroatoms. The van der Waals surface area contributed by atoms with Crippen molar-refractivity contribution in [1.29, 1.82) is 0 Å². The SMILES string of the molecule is Cc1ccc(-c2cnc(CCC(=O)N3CCCCC[C@H]3[C@@H]3CCCCC3=O)o2)cc1. The summed E-state index contributed by atoms with van der Waals surface area (Å²) in [6.07, 6.45) is 10.6. The number of likely N-dealkylation sites (tertiary alicyclic amines) is 1. The van der Waals surface area contributed by atoms with E-state index in [1.165, 1.54) is 5.56 Å². The summed E-state index contributed by atoms with van der Waals surface area (Å²) in [5, 5.41) is 0. The van der Waals surface area contributed by atoms with E-state index in [0.29, 0.717) is 30.9 Å². The maximum absolute atomic E-state index is 13.1. The monoisotopic (exact) mass is 408 g/mol. The van der Waals surface area contributed by atoms with Gasteiger partial charge in [-0.05, 0) is 32.6 Å². The Balaban J connectivity index is 1.40. The summed E-state index contributed by atoms with van der Waals surface area (Å²) in [6, 6.07) is 8.22. The van der Waals surface area contributed by atoms with Gasteiger partial charge in [-0.1, -0.05) is 49.1 Å². The number of Topliss-reactive ketones (excluding diaryl/α,β-unsaturated/α-hetero) is 1. The summed E-state index contributed by atoms with van der Waals surface area (Å²) in [5.41, 5.74) is 2.20. The van der Waals surface area contributed by atoms with E-state index in [-0.39, 0.29) is 17.9 Å². The van der Waals surface area contributed by atoms with Gasteiger partial charge < -0.3 is 9.32 Å². The second-order valence-corrected chi connectivity index (χ2v) is 8.81. The first kappa shape index (κ1) is 20.8. The average Bonchev–Trinajstić information content (AvgIpc) is 3.09. The Morgan fingerprint density at radius 1 is 1.10 bits per heavy atom. The van der Waals surface area contributed by atoms with Gasteiger partial charge in [0.15, 0.2) is 11.7 Å². The summed E-state index contributed by atoms with van der Waals surface area (Å²) in [7, 11) is 0. The van der Waals surface area contributed by atoms with Gasteiger partial charge >= 0.3 is 0 Å². The Labute approximate surface area is 178 Å². The highest BCUT2D eigenvalue weighted by atomic mass is 16.4. The van der Waals surface area contributed by atoms with Gasteiger partial charge in [0.1, 0.15) is 5.78 Å². The van der Waals surface area contributed by atoms with E-state index in [1.807, 2.05) is 29.2 Å². The number of carbonyl (C=O) groups is 2. The van der Waals surface area contributed by atoms with Gasteiger partial charge in [0.05, 0.1) is 6.20 Å². The largest absolute Gasteiger partial charge is 0.441 e. The van der Waals surface area contributed by atoms with E-state index in [1.54, 1.807) is 6.20 Å². The molecule has 5 nitrogen and oxygen atoms in total. The molecule has 1 amide bonds. The van der Waals surface area contributed by atoms with E-state index in [2.05, 4.69) is 11.9 Å². The third-order valence-corrected chi connectivity index (χ3v) is 6.63. The standard InChI is InChI=1S/C25H32N2O3/c1-18-10-12-19(13-11-18)23-17-26-24(30-23)14-15-25(29)27-16-6-2-3-8-21(27)20-7-4-5-9-22(20)28/h10-13,17,20-21H,2-9,14-16H2,1H3/t20-,21-/m0/s1. The number of hydrogen-bond donors (Lipinski definition) is 0. The number of hydrogen-bond acceptors (Lipinski definition) is 4. The fourth-order valence-corrected chi connectivity index (χ4v) is 4.91. The van der Waals surface area contributed by atoms with Crippen LogP contribution < -0.4 is 0 Å². The molecule has 1 aliphatic heterocycles. The van der Waals surface area contributed by atoms with Gasteiger partial charge in [-0.25, -0.2) is 4.98 Å². The highest BCUT2D eigenvalue weighted by Gasteiger charge is 2.36. The highest BCUT2D eigenvalue weighted by Crippen LogP contribution is 2.32. The summed E-state index contributed by atoms with van der Waals surface area (Å²) in [4.78, 5) is 32.1. The first-order chi connectivity index (χ1) is 14.6. The van der Waals surface area contributed by atoms with Crippen molar-refractivity contribution < 1.29 is 14.0 Å². The molecule has 1 saturated carbocycles. The Morgan fingerprint density at radius 3 is 2.70 bits per heavy atom. The second-order valence-electron chi connectivity index (χ2n) is 8.81. The van der Waals surface area contributed by atoms with Gasteiger partial charge in [-0.2, -0.15) is 0 Å². The minimum atomic E-state index is 0.0377. The van der Waals surface area contributed by atoms with Crippen LogP contribution >= 0.6 is 0 Å². The van der Waals surface area contributed by atoms with E-state index in [9.17, 15) is 9.59 Å². The molecule has 1 aromatic carbocycles. The minimum absolute atomic E-state index is 0.0377. The number of carbonyl (C=O) groups excluding carboxylic acids is 2. The summed E-state index contributed by atoms with van der Waals surface area (Å²) in [5.74, 6) is 1.87. The first-order valence-electron chi connectivity index (χ1n) is 11.5. The zero-order chi connectivity index (χ0) is 20.9. The lowest BCUT2D eigenvalue weighted by Gasteiger charge is -2.37. The normalized spacial score (nSPS) is 22.7. The lowest BCUT2D eigenvalue weighted by atomic mass is 9.80. The minimum Gasteiger partial charge on any atom is -0.441 e. The summed E-state index contributed by atoms with van der Waals surface area (Å²) < 4.78 is 5.90. The van der Waals surface area contributed by atoms with Crippen LogP contribution in [0.5, 0.6) is 0 Å². The van der Waals surface area contributed by atoms with Gasteiger partial charge in [0.25, 0.3) is 0 Å². The van der Waals surface area contributed by atoms with Crippen molar-refractivity contribution in [3.8, 4) is 11.3 Å². The fourth-order valence-electron chi connectivity index (χ4n) is 4.91. The Morgan fingerprint density at radius 2 is 1.90 bits per heavy atom. The van der Waals surface area contributed by atoms with Crippen molar-refractivity contribution in [2.45, 2.75) is 77.2 Å². The maximum Gasteiger partial charge on any atom is 0.223 e. The van der Waals surface area contributed by atoms with Crippen molar-refractivity contribution in [1.82, 2.24) is 9.88 Å². The average molecular weight is 409 g/mol. The van der Waals surface area contributed by atoms with E-state index in [0.717, 1.165) is 62.8 Å². The molecule has 2 atom stereocenters. The molecule has 2 heterocycles. The molecule has 2 fully saturated rings. The number of aryl methyl sites for hydroxylation is 2. The maximum atomic E-state index is 13.1. The smallest absolute Gasteiger partial charge is 0.223 e. The third-order valence-electron chi connectivity index (χ3n) is 6.63. The summed E-state index contributed by atoms with van der Waals surface area (Å²) in [6.45, 7) is 2.83. The molecule has 1 aromatic heterocycles. The number of nitrogens with zero attached hydrogens (tertiary/aromatic N) is 2. The molecule has 160 valence electrons. The van der Waals surface area contributed by atoms with Crippen LogP contribution in [0.3, 0.4) is 0 Å². The summed E-state index contributed by atoms with van der Waals surface area (Å²) >= 11 is 0. The van der Waals surface area contributed by atoms with Crippen molar-refractivity contribution >= 4 is 11.7 Å².